The molecule has 0 radical (unpaired) electrons. The Labute approximate surface area is 174 Å². The van der Waals surface area contributed by atoms with E-state index in [0.29, 0.717) is 25.1 Å². The van der Waals surface area contributed by atoms with Gasteiger partial charge in [-0.3, -0.25) is 9.59 Å². The maximum atomic E-state index is 14.5. The van der Waals surface area contributed by atoms with Crippen LogP contribution < -0.4 is 0 Å². The van der Waals surface area contributed by atoms with Crippen molar-refractivity contribution >= 4 is 23.0 Å². The summed E-state index contributed by atoms with van der Waals surface area (Å²) in [4.78, 5) is 24.5. The number of benzene rings is 1. The second kappa shape index (κ2) is 11.5. The Kier molecular flexibility index (Phi) is 9.36. The SMILES string of the molecule is O=C(O)CCCCCCN1C(=O)SCC[C@@H]1CC[C@H](O)C(F)(F)c1ccccc1. The lowest BCUT2D eigenvalue weighted by Crippen LogP contribution is -2.43. The van der Waals surface area contributed by atoms with Gasteiger partial charge in [-0.1, -0.05) is 54.9 Å². The number of hydrogen-bond donors (Lipinski definition) is 2. The van der Waals surface area contributed by atoms with Gasteiger partial charge in [-0.15, -0.1) is 0 Å². The molecule has 1 aliphatic heterocycles. The Balaban J connectivity index is 1.83. The predicted molar refractivity (Wildman–Crippen MR) is 109 cm³/mol. The fraction of sp³-hybridized carbons (Fsp3) is 0.619. The minimum absolute atomic E-state index is 0.0453. The van der Waals surface area contributed by atoms with E-state index in [0.717, 1.165) is 25.7 Å². The van der Waals surface area contributed by atoms with Crippen LogP contribution in [-0.2, 0) is 10.7 Å². The number of thioether (sulfide) groups is 1. The molecule has 0 unspecified atom stereocenters. The van der Waals surface area contributed by atoms with Gasteiger partial charge in [0.2, 0.25) is 0 Å². The minimum atomic E-state index is -3.33. The van der Waals surface area contributed by atoms with Crippen LogP contribution in [0.2, 0.25) is 0 Å². The number of hydrogen-bond acceptors (Lipinski definition) is 4. The Morgan fingerprint density at radius 1 is 1.21 bits per heavy atom. The Morgan fingerprint density at radius 2 is 1.90 bits per heavy atom. The van der Waals surface area contributed by atoms with Crippen molar-refractivity contribution in [3.05, 3.63) is 35.9 Å². The molecule has 2 rings (SSSR count). The standard InChI is InChI=1S/C21H29F2NO4S/c22-21(23,16-8-4-3-5-9-16)18(25)12-11-17-13-15-29-20(28)24(17)14-7-2-1-6-10-19(26)27/h3-5,8-9,17-18,25H,1-2,6-7,10-15H2,(H,26,27)/t17-,18-/m0/s1. The van der Waals surface area contributed by atoms with Crippen molar-refractivity contribution in [3.63, 3.8) is 0 Å². The quantitative estimate of drug-likeness (QED) is 0.463. The number of aliphatic hydroxyl groups excluding tert-OH is 1. The van der Waals surface area contributed by atoms with Crippen LogP contribution >= 0.6 is 11.8 Å². The van der Waals surface area contributed by atoms with E-state index in [1.165, 1.54) is 36.0 Å². The van der Waals surface area contributed by atoms with Gasteiger partial charge in [0.25, 0.3) is 11.2 Å². The lowest BCUT2D eigenvalue weighted by atomic mass is 9.96. The molecule has 1 amide bonds. The molecule has 1 heterocycles. The number of rotatable bonds is 12. The van der Waals surface area contributed by atoms with E-state index >= 15 is 0 Å². The van der Waals surface area contributed by atoms with E-state index in [1.54, 1.807) is 11.0 Å². The highest BCUT2D eigenvalue weighted by molar-refractivity contribution is 8.13. The van der Waals surface area contributed by atoms with E-state index in [4.69, 9.17) is 5.11 Å². The summed E-state index contributed by atoms with van der Waals surface area (Å²) in [6.07, 6.45) is 2.29. The second-order valence-corrected chi connectivity index (χ2v) is 8.44. The first-order valence-electron chi connectivity index (χ1n) is 10.1. The van der Waals surface area contributed by atoms with Gasteiger partial charge in [0.05, 0.1) is 0 Å². The number of halogens is 2. The number of unbranched alkanes of at least 4 members (excludes halogenated alkanes) is 3. The summed E-state index contributed by atoms with van der Waals surface area (Å²) in [6, 6.07) is 7.15. The number of aliphatic carboxylic acids is 1. The Bertz CT molecular complexity index is 659. The van der Waals surface area contributed by atoms with E-state index in [-0.39, 0.29) is 29.7 Å². The zero-order valence-electron chi connectivity index (χ0n) is 16.4. The van der Waals surface area contributed by atoms with Crippen LogP contribution in [0.3, 0.4) is 0 Å². The molecule has 0 spiro atoms. The van der Waals surface area contributed by atoms with Crippen molar-refractivity contribution in [3.8, 4) is 0 Å². The van der Waals surface area contributed by atoms with Crippen LogP contribution in [0.1, 0.15) is 56.9 Å². The maximum absolute atomic E-state index is 14.5. The van der Waals surface area contributed by atoms with Crippen molar-refractivity contribution < 1.29 is 28.6 Å². The van der Waals surface area contributed by atoms with Gasteiger partial charge in [0.1, 0.15) is 6.10 Å². The monoisotopic (exact) mass is 429 g/mol. The molecule has 162 valence electrons. The molecule has 0 aliphatic carbocycles. The molecule has 0 bridgehead atoms. The van der Waals surface area contributed by atoms with E-state index < -0.39 is 18.0 Å². The lowest BCUT2D eigenvalue weighted by molar-refractivity contribution is -0.137. The normalized spacial score (nSPS) is 18.7. The Hall–Kier alpha value is -1.67. The minimum Gasteiger partial charge on any atom is -0.481 e. The fourth-order valence-corrected chi connectivity index (χ4v) is 4.51. The zero-order valence-corrected chi connectivity index (χ0v) is 17.3. The molecule has 0 aromatic heterocycles. The van der Waals surface area contributed by atoms with Crippen molar-refractivity contribution in [1.29, 1.82) is 0 Å². The van der Waals surface area contributed by atoms with Gasteiger partial charge < -0.3 is 15.1 Å². The van der Waals surface area contributed by atoms with Gasteiger partial charge >= 0.3 is 5.97 Å². The molecule has 1 aliphatic rings. The summed E-state index contributed by atoms with van der Waals surface area (Å²) in [6.45, 7) is 0.536. The number of carboxylic acid groups (broad SMARTS) is 1. The molecule has 1 saturated heterocycles. The third-order valence-corrected chi connectivity index (χ3v) is 6.16. The summed E-state index contributed by atoms with van der Waals surface area (Å²) >= 11 is 1.24. The van der Waals surface area contributed by atoms with E-state index in [1.807, 2.05) is 0 Å². The average molecular weight is 430 g/mol. The third-order valence-electron chi connectivity index (χ3n) is 5.24. The van der Waals surface area contributed by atoms with Gasteiger partial charge in [-0.05, 0) is 32.1 Å². The lowest BCUT2D eigenvalue weighted by Gasteiger charge is -2.36. The number of carboxylic acids is 1. The smallest absolute Gasteiger partial charge is 0.303 e. The van der Waals surface area contributed by atoms with Gasteiger partial charge in [0, 0.05) is 30.3 Å². The van der Waals surface area contributed by atoms with Crippen molar-refractivity contribution in [2.24, 2.45) is 0 Å². The maximum Gasteiger partial charge on any atom is 0.303 e. The van der Waals surface area contributed by atoms with E-state index in [2.05, 4.69) is 0 Å². The van der Waals surface area contributed by atoms with Gasteiger partial charge in [0.15, 0.2) is 0 Å². The van der Waals surface area contributed by atoms with Crippen molar-refractivity contribution in [2.45, 2.75) is 69.4 Å². The van der Waals surface area contributed by atoms with Crippen LogP contribution in [0, 0.1) is 0 Å². The Morgan fingerprint density at radius 3 is 2.59 bits per heavy atom. The zero-order chi connectivity index (χ0) is 21.3. The fourth-order valence-electron chi connectivity index (χ4n) is 3.54. The molecule has 1 fully saturated rings. The van der Waals surface area contributed by atoms with Gasteiger partial charge in [-0.25, -0.2) is 0 Å². The number of carbonyl (C=O) groups is 2. The number of amides is 1. The first kappa shape index (κ1) is 23.6. The molecular formula is C21H29F2NO4S. The molecule has 2 N–H and O–H groups in total. The van der Waals surface area contributed by atoms with Crippen LogP contribution in [0.25, 0.3) is 0 Å². The number of alkyl halides is 2. The summed E-state index contributed by atoms with van der Waals surface area (Å²) in [5.74, 6) is -3.48. The molecule has 8 heteroatoms. The van der Waals surface area contributed by atoms with Crippen molar-refractivity contribution in [1.82, 2.24) is 4.90 Å². The van der Waals surface area contributed by atoms with Gasteiger partial charge in [-0.2, -0.15) is 8.78 Å². The highest BCUT2D eigenvalue weighted by atomic mass is 32.2. The highest BCUT2D eigenvalue weighted by Crippen LogP contribution is 2.35. The third kappa shape index (κ3) is 7.26. The van der Waals surface area contributed by atoms with Crippen LogP contribution in [0.4, 0.5) is 13.6 Å². The molecule has 29 heavy (non-hydrogen) atoms. The molecule has 0 saturated carbocycles. The molecule has 1 aromatic rings. The van der Waals surface area contributed by atoms with Crippen LogP contribution in [0.5, 0.6) is 0 Å². The molecular weight excluding hydrogens is 400 g/mol. The van der Waals surface area contributed by atoms with Crippen LogP contribution in [0.15, 0.2) is 30.3 Å². The van der Waals surface area contributed by atoms with Crippen molar-refractivity contribution in [2.75, 3.05) is 12.3 Å². The molecule has 5 nitrogen and oxygen atoms in total. The largest absolute Gasteiger partial charge is 0.481 e. The highest BCUT2D eigenvalue weighted by Gasteiger charge is 2.40. The first-order chi connectivity index (χ1) is 13.8. The topological polar surface area (TPSA) is 77.8 Å². The average Bonchev–Trinajstić information content (AvgIpc) is 2.70. The predicted octanol–water partition coefficient (Wildman–Crippen LogP) is 4.88. The summed E-state index contributed by atoms with van der Waals surface area (Å²) < 4.78 is 29.0. The summed E-state index contributed by atoms with van der Waals surface area (Å²) in [5, 5.41) is 18.7. The summed E-state index contributed by atoms with van der Waals surface area (Å²) in [5.41, 5.74) is -0.207. The molecule has 2 atom stereocenters. The number of carbonyl (C=O) groups excluding carboxylic acids is 1. The number of nitrogens with zero attached hydrogens (tertiary/aromatic N) is 1. The second-order valence-electron chi connectivity index (χ2n) is 7.39. The van der Waals surface area contributed by atoms with Crippen LogP contribution in [-0.4, -0.2) is 50.8 Å². The van der Waals surface area contributed by atoms with E-state index in [9.17, 15) is 23.5 Å². The molecule has 1 aromatic carbocycles. The number of aliphatic hydroxyl groups is 1. The first-order valence-corrected chi connectivity index (χ1v) is 11.1. The summed E-state index contributed by atoms with van der Waals surface area (Å²) in [7, 11) is 0.